The third kappa shape index (κ3) is 8.21. The molecule has 0 spiro atoms. The number of sulfonamides is 1. The van der Waals surface area contributed by atoms with Crippen molar-refractivity contribution in [3.8, 4) is 0 Å². The highest BCUT2D eigenvalue weighted by atomic mass is 79.9. The van der Waals surface area contributed by atoms with Crippen LogP contribution in [0.4, 0.5) is 5.69 Å². The van der Waals surface area contributed by atoms with Gasteiger partial charge in [-0.05, 0) is 61.9 Å². The van der Waals surface area contributed by atoms with Gasteiger partial charge in [0.15, 0.2) is 0 Å². The molecule has 0 bridgehead atoms. The van der Waals surface area contributed by atoms with E-state index in [9.17, 15) is 18.0 Å². The van der Waals surface area contributed by atoms with E-state index in [1.54, 1.807) is 61.5 Å². The largest absolute Gasteiger partial charge is 0.355 e. The van der Waals surface area contributed by atoms with Crippen molar-refractivity contribution in [2.24, 2.45) is 0 Å². The lowest BCUT2D eigenvalue weighted by Crippen LogP contribution is -2.53. The predicted molar refractivity (Wildman–Crippen MR) is 179 cm³/mol. The van der Waals surface area contributed by atoms with E-state index in [1.165, 1.54) is 17.0 Å². The normalized spacial score (nSPS) is 11.9. The maximum atomic E-state index is 14.5. The number of amides is 2. The van der Waals surface area contributed by atoms with Gasteiger partial charge in [0.25, 0.3) is 10.0 Å². The molecular formula is C33H32BrCl2N3O4S. The summed E-state index contributed by atoms with van der Waals surface area (Å²) in [7, 11) is -4.21. The Balaban J connectivity index is 1.83. The number of hydrogen-bond acceptors (Lipinski definition) is 4. The Kier molecular flexibility index (Phi) is 11.5. The summed E-state index contributed by atoms with van der Waals surface area (Å²) in [6.45, 7) is 3.28. The van der Waals surface area contributed by atoms with E-state index in [1.807, 2.05) is 37.3 Å². The van der Waals surface area contributed by atoms with Crippen LogP contribution in [0.2, 0.25) is 10.0 Å². The number of hydrogen-bond donors (Lipinski definition) is 1. The molecule has 1 N–H and O–H groups in total. The maximum absolute atomic E-state index is 14.5. The number of nitrogens with zero attached hydrogens (tertiary/aromatic N) is 2. The predicted octanol–water partition coefficient (Wildman–Crippen LogP) is 7.04. The zero-order valence-electron chi connectivity index (χ0n) is 24.2. The zero-order valence-corrected chi connectivity index (χ0v) is 28.1. The summed E-state index contributed by atoms with van der Waals surface area (Å²) in [4.78, 5) is 29.4. The SMILES string of the molecule is CCNC(=O)C(Cc1ccccc1)N(Cc1c(Cl)cccc1Cl)C(=O)CN(c1cccc(Br)c1)S(=O)(=O)c1ccc(C)cc1. The average molecular weight is 718 g/mol. The van der Waals surface area contributed by atoms with Crippen LogP contribution in [-0.4, -0.2) is 44.3 Å². The second kappa shape index (κ2) is 15.1. The lowest BCUT2D eigenvalue weighted by atomic mass is 10.0. The van der Waals surface area contributed by atoms with Gasteiger partial charge >= 0.3 is 0 Å². The van der Waals surface area contributed by atoms with E-state index < -0.39 is 28.5 Å². The Hall–Kier alpha value is -3.37. The molecule has 0 aromatic heterocycles. The lowest BCUT2D eigenvalue weighted by Gasteiger charge is -2.34. The van der Waals surface area contributed by atoms with Crippen LogP contribution in [0.15, 0.2) is 106 Å². The maximum Gasteiger partial charge on any atom is 0.264 e. The molecule has 0 radical (unpaired) electrons. The highest BCUT2D eigenvalue weighted by Crippen LogP contribution is 2.30. The molecule has 0 heterocycles. The molecule has 0 aliphatic heterocycles. The number of aryl methyl sites for hydroxylation is 1. The molecule has 44 heavy (non-hydrogen) atoms. The van der Waals surface area contributed by atoms with Crippen molar-refractivity contribution in [3.05, 3.63) is 128 Å². The smallest absolute Gasteiger partial charge is 0.264 e. The summed E-state index contributed by atoms with van der Waals surface area (Å²) >= 11 is 16.5. The van der Waals surface area contributed by atoms with Crippen molar-refractivity contribution >= 4 is 66.7 Å². The number of carbonyl (C=O) groups excluding carboxylic acids is 2. The molecule has 230 valence electrons. The van der Waals surface area contributed by atoms with Gasteiger partial charge in [0.05, 0.1) is 10.6 Å². The van der Waals surface area contributed by atoms with Gasteiger partial charge in [0.1, 0.15) is 12.6 Å². The summed E-state index contributed by atoms with van der Waals surface area (Å²) in [6.07, 6.45) is 0.183. The lowest BCUT2D eigenvalue weighted by molar-refractivity contribution is -0.140. The van der Waals surface area contributed by atoms with Crippen LogP contribution in [0.25, 0.3) is 0 Å². The number of rotatable bonds is 12. The van der Waals surface area contributed by atoms with E-state index >= 15 is 0 Å². The van der Waals surface area contributed by atoms with Crippen LogP contribution in [0.3, 0.4) is 0 Å². The second-order valence-electron chi connectivity index (χ2n) is 10.1. The zero-order chi connectivity index (χ0) is 31.9. The molecule has 2 amide bonds. The van der Waals surface area contributed by atoms with Crippen LogP contribution in [-0.2, 0) is 32.6 Å². The van der Waals surface area contributed by atoms with Crippen LogP contribution in [0, 0.1) is 6.92 Å². The number of carbonyl (C=O) groups is 2. The molecule has 4 rings (SSSR count). The Morgan fingerprint density at radius 2 is 1.52 bits per heavy atom. The minimum absolute atomic E-state index is 0.0288. The molecule has 0 saturated carbocycles. The first-order chi connectivity index (χ1) is 21.0. The van der Waals surface area contributed by atoms with E-state index in [2.05, 4.69) is 21.2 Å². The number of benzene rings is 4. The Bertz CT molecular complexity index is 1700. The number of nitrogens with one attached hydrogen (secondary N) is 1. The van der Waals surface area contributed by atoms with Gasteiger partial charge in [0.2, 0.25) is 11.8 Å². The first kappa shape index (κ1) is 33.5. The van der Waals surface area contributed by atoms with Crippen molar-refractivity contribution in [1.82, 2.24) is 10.2 Å². The Labute approximate surface area is 277 Å². The average Bonchev–Trinajstić information content (AvgIpc) is 2.99. The molecule has 0 aliphatic rings. The fraction of sp³-hybridized carbons (Fsp3) is 0.212. The summed E-state index contributed by atoms with van der Waals surface area (Å²) in [5.74, 6) is -0.993. The fourth-order valence-electron chi connectivity index (χ4n) is 4.70. The highest BCUT2D eigenvalue weighted by molar-refractivity contribution is 9.10. The van der Waals surface area contributed by atoms with Gasteiger partial charge in [-0.3, -0.25) is 13.9 Å². The Morgan fingerprint density at radius 1 is 0.886 bits per heavy atom. The van der Waals surface area contributed by atoms with Crippen LogP contribution >= 0.6 is 39.1 Å². The van der Waals surface area contributed by atoms with Crippen molar-refractivity contribution in [3.63, 3.8) is 0 Å². The van der Waals surface area contributed by atoms with Gasteiger partial charge < -0.3 is 10.2 Å². The minimum atomic E-state index is -4.21. The summed E-state index contributed by atoms with van der Waals surface area (Å²) in [5.41, 5.74) is 2.44. The van der Waals surface area contributed by atoms with Crippen molar-refractivity contribution in [2.75, 3.05) is 17.4 Å². The first-order valence-corrected chi connectivity index (χ1v) is 16.9. The Morgan fingerprint density at radius 3 is 2.14 bits per heavy atom. The van der Waals surface area contributed by atoms with Crippen LogP contribution in [0.1, 0.15) is 23.6 Å². The molecule has 7 nitrogen and oxygen atoms in total. The molecule has 4 aromatic rings. The molecule has 11 heteroatoms. The highest BCUT2D eigenvalue weighted by Gasteiger charge is 2.35. The monoisotopic (exact) mass is 715 g/mol. The topological polar surface area (TPSA) is 86.8 Å². The van der Waals surface area contributed by atoms with Crippen molar-refractivity contribution < 1.29 is 18.0 Å². The number of likely N-dealkylation sites (N-methyl/N-ethyl adjacent to an activating group) is 1. The van der Waals surface area contributed by atoms with Gasteiger partial charge in [-0.2, -0.15) is 0 Å². The third-order valence-electron chi connectivity index (χ3n) is 7.00. The van der Waals surface area contributed by atoms with Crippen molar-refractivity contribution in [2.45, 2.75) is 37.8 Å². The van der Waals surface area contributed by atoms with E-state index in [4.69, 9.17) is 23.2 Å². The molecule has 4 aromatic carbocycles. The van der Waals surface area contributed by atoms with E-state index in [-0.39, 0.29) is 29.5 Å². The molecule has 1 unspecified atom stereocenters. The van der Waals surface area contributed by atoms with Gasteiger partial charge in [-0.15, -0.1) is 0 Å². The second-order valence-corrected chi connectivity index (χ2v) is 13.7. The minimum Gasteiger partial charge on any atom is -0.355 e. The molecule has 1 atom stereocenters. The fourth-order valence-corrected chi connectivity index (χ4v) is 7.01. The van der Waals surface area contributed by atoms with E-state index in [0.717, 1.165) is 15.4 Å². The number of halogens is 3. The van der Waals surface area contributed by atoms with Gasteiger partial charge in [0, 0.05) is 39.6 Å². The van der Waals surface area contributed by atoms with E-state index in [0.29, 0.717) is 26.6 Å². The summed E-state index contributed by atoms with van der Waals surface area (Å²) in [6, 6.07) is 26.4. The van der Waals surface area contributed by atoms with Gasteiger partial charge in [-0.1, -0.05) is 99.3 Å². The van der Waals surface area contributed by atoms with Gasteiger partial charge in [-0.25, -0.2) is 8.42 Å². The molecular weight excluding hydrogens is 685 g/mol. The molecule has 0 saturated heterocycles. The summed E-state index contributed by atoms with van der Waals surface area (Å²) < 4.78 is 29.9. The summed E-state index contributed by atoms with van der Waals surface area (Å²) in [5, 5.41) is 3.47. The van der Waals surface area contributed by atoms with Crippen LogP contribution < -0.4 is 9.62 Å². The first-order valence-electron chi connectivity index (χ1n) is 13.9. The van der Waals surface area contributed by atoms with Crippen molar-refractivity contribution in [1.29, 1.82) is 0 Å². The van der Waals surface area contributed by atoms with Crippen LogP contribution in [0.5, 0.6) is 0 Å². The standard InChI is InChI=1S/C33H32BrCl2N3O4S/c1-3-37-33(41)31(19-24-9-5-4-6-10-24)38(21-28-29(35)13-8-14-30(28)36)32(40)22-39(26-12-7-11-25(34)20-26)44(42,43)27-17-15-23(2)16-18-27/h4-18,20,31H,3,19,21-22H2,1-2H3,(H,37,41). The quantitative estimate of drug-likeness (QED) is 0.171. The molecule has 0 aliphatic carbocycles. The number of anilines is 1. The molecule has 0 fully saturated rings. The third-order valence-corrected chi connectivity index (χ3v) is 9.99.